The Morgan fingerprint density at radius 1 is 1.26 bits per heavy atom. The van der Waals surface area contributed by atoms with Crippen LogP contribution in [-0.2, 0) is 6.18 Å². The summed E-state index contributed by atoms with van der Waals surface area (Å²) in [6.07, 6.45) is -4.71. The van der Waals surface area contributed by atoms with Crippen molar-refractivity contribution >= 4 is 17.5 Å². The second kappa shape index (κ2) is 4.70. The van der Waals surface area contributed by atoms with Crippen LogP contribution in [0.4, 0.5) is 13.2 Å². The minimum atomic E-state index is -4.71. The molecule has 0 N–H and O–H groups in total. The fraction of sp³-hybridized carbons (Fsp3) is 0.167. The Balaban J connectivity index is 2.73. The second-order valence-electron chi connectivity index (χ2n) is 3.81. The number of hydrogen-bond acceptors (Lipinski definition) is 2. The third kappa shape index (κ3) is 2.49. The number of hydrogen-bond donors (Lipinski definition) is 0. The maximum atomic E-state index is 12.7. The monoisotopic (exact) mass is 288 g/mol. The number of carbonyl (C=O) groups is 1. The number of alkyl halides is 3. The van der Waals surface area contributed by atoms with E-state index in [1.54, 1.807) is 30.3 Å². The van der Waals surface area contributed by atoms with Crippen molar-refractivity contribution in [3.05, 3.63) is 41.0 Å². The number of carbonyl (C=O) groups excluding carboxylic acids is 1. The van der Waals surface area contributed by atoms with Gasteiger partial charge in [-0.25, -0.2) is 0 Å². The minimum Gasteiger partial charge on any atom is -0.273 e. The van der Waals surface area contributed by atoms with E-state index in [-0.39, 0.29) is 5.69 Å². The van der Waals surface area contributed by atoms with Gasteiger partial charge in [0.15, 0.2) is 5.69 Å². The molecule has 100 valence electrons. The molecule has 0 bridgehead atoms. The van der Waals surface area contributed by atoms with Crippen molar-refractivity contribution in [3.8, 4) is 11.3 Å². The maximum Gasteiger partial charge on any atom is 0.436 e. The first-order chi connectivity index (χ1) is 8.82. The lowest BCUT2D eigenvalue weighted by atomic mass is 10.1. The summed E-state index contributed by atoms with van der Waals surface area (Å²) >= 11 is 5.74. The molecule has 1 aromatic carbocycles. The molecule has 7 heteroatoms. The Morgan fingerprint density at radius 2 is 1.84 bits per heavy atom. The normalized spacial score (nSPS) is 11.6. The molecule has 0 unspecified atom stereocenters. The molecule has 19 heavy (non-hydrogen) atoms. The van der Waals surface area contributed by atoms with Crippen LogP contribution in [0, 0.1) is 0 Å². The van der Waals surface area contributed by atoms with Crippen LogP contribution in [0.5, 0.6) is 0 Å². The van der Waals surface area contributed by atoms with Crippen LogP contribution in [-0.4, -0.2) is 15.7 Å². The van der Waals surface area contributed by atoms with E-state index >= 15 is 0 Å². The third-order valence-corrected chi connectivity index (χ3v) is 2.80. The SMILES string of the molecule is CC(=O)n1nc(C(F)(F)F)c(Cl)c1-c1ccccc1. The van der Waals surface area contributed by atoms with Crippen LogP contribution in [0.2, 0.25) is 5.02 Å². The van der Waals surface area contributed by atoms with Crippen molar-refractivity contribution in [2.24, 2.45) is 0 Å². The Morgan fingerprint density at radius 3 is 2.32 bits per heavy atom. The summed E-state index contributed by atoms with van der Waals surface area (Å²) in [5.41, 5.74) is -0.920. The lowest BCUT2D eigenvalue weighted by Crippen LogP contribution is -2.12. The lowest BCUT2D eigenvalue weighted by molar-refractivity contribution is -0.141. The average Bonchev–Trinajstić information content (AvgIpc) is 2.68. The van der Waals surface area contributed by atoms with Crippen molar-refractivity contribution in [3.63, 3.8) is 0 Å². The topological polar surface area (TPSA) is 34.9 Å². The molecule has 0 radical (unpaired) electrons. The van der Waals surface area contributed by atoms with Crippen molar-refractivity contribution in [1.82, 2.24) is 9.78 Å². The summed E-state index contributed by atoms with van der Waals surface area (Å²) < 4.78 is 38.9. The van der Waals surface area contributed by atoms with Gasteiger partial charge in [-0.3, -0.25) is 4.79 Å². The van der Waals surface area contributed by atoms with Gasteiger partial charge in [-0.2, -0.15) is 23.0 Å². The van der Waals surface area contributed by atoms with Crippen LogP contribution in [0.15, 0.2) is 30.3 Å². The highest BCUT2D eigenvalue weighted by Crippen LogP contribution is 2.39. The first-order valence-corrected chi connectivity index (χ1v) is 5.62. The summed E-state index contributed by atoms with van der Waals surface area (Å²) in [5.74, 6) is -0.642. The van der Waals surface area contributed by atoms with Crippen molar-refractivity contribution in [2.75, 3.05) is 0 Å². The van der Waals surface area contributed by atoms with Crippen LogP contribution in [0.1, 0.15) is 17.4 Å². The quantitative estimate of drug-likeness (QED) is 0.798. The molecule has 0 spiro atoms. The Bertz CT molecular complexity index is 620. The minimum absolute atomic E-state index is 0.0536. The number of benzene rings is 1. The van der Waals surface area contributed by atoms with E-state index < -0.39 is 22.8 Å². The number of rotatable bonds is 1. The zero-order chi connectivity index (χ0) is 14.2. The first-order valence-electron chi connectivity index (χ1n) is 5.24. The van der Waals surface area contributed by atoms with Gasteiger partial charge in [-0.15, -0.1) is 0 Å². The molecule has 0 aliphatic carbocycles. The summed E-state index contributed by atoms with van der Waals surface area (Å²) in [5, 5.41) is 2.69. The van der Waals surface area contributed by atoms with Crippen LogP contribution >= 0.6 is 11.6 Å². The maximum absolute atomic E-state index is 12.7. The number of aromatic nitrogens is 2. The predicted molar refractivity (Wildman–Crippen MR) is 64.0 cm³/mol. The highest BCUT2D eigenvalue weighted by Gasteiger charge is 2.39. The summed E-state index contributed by atoms with van der Waals surface area (Å²) in [6, 6.07) is 8.09. The Labute approximate surface area is 111 Å². The van der Waals surface area contributed by atoms with E-state index in [4.69, 9.17) is 11.6 Å². The molecule has 0 aliphatic heterocycles. The van der Waals surface area contributed by atoms with Gasteiger partial charge in [0.05, 0.1) is 10.7 Å². The average molecular weight is 289 g/mol. The van der Waals surface area contributed by atoms with Gasteiger partial charge >= 0.3 is 6.18 Å². The zero-order valence-corrected chi connectivity index (χ0v) is 10.5. The largest absolute Gasteiger partial charge is 0.436 e. The van der Waals surface area contributed by atoms with E-state index in [0.29, 0.717) is 10.2 Å². The molecule has 0 saturated heterocycles. The molecule has 0 saturated carbocycles. The van der Waals surface area contributed by atoms with E-state index in [1.807, 2.05) is 0 Å². The Hall–Kier alpha value is -1.82. The zero-order valence-electron chi connectivity index (χ0n) is 9.70. The number of nitrogens with zero attached hydrogens (tertiary/aromatic N) is 2. The second-order valence-corrected chi connectivity index (χ2v) is 4.18. The standard InChI is InChI=1S/C12H8ClF3N2O/c1-7(19)18-10(8-5-3-2-4-6-8)9(13)11(17-18)12(14,15)16/h2-6H,1H3. The van der Waals surface area contributed by atoms with Gasteiger partial charge in [-0.1, -0.05) is 41.9 Å². The van der Waals surface area contributed by atoms with Crippen LogP contribution in [0.3, 0.4) is 0 Å². The van der Waals surface area contributed by atoms with E-state index in [2.05, 4.69) is 5.10 Å². The third-order valence-electron chi connectivity index (χ3n) is 2.44. The molecular formula is C12H8ClF3N2O. The summed E-state index contributed by atoms with van der Waals surface area (Å²) in [7, 11) is 0. The molecule has 0 atom stereocenters. The fourth-order valence-corrected chi connectivity index (χ4v) is 1.99. The van der Waals surface area contributed by atoms with Gasteiger partial charge in [0.25, 0.3) is 0 Å². The van der Waals surface area contributed by atoms with Crippen LogP contribution < -0.4 is 0 Å². The molecule has 2 aromatic rings. The van der Waals surface area contributed by atoms with Gasteiger partial charge in [0.1, 0.15) is 0 Å². The molecule has 0 amide bonds. The predicted octanol–water partition coefficient (Wildman–Crippen LogP) is 3.88. The molecule has 0 aliphatic rings. The molecule has 1 aromatic heterocycles. The molecule has 2 rings (SSSR count). The van der Waals surface area contributed by atoms with E-state index in [9.17, 15) is 18.0 Å². The van der Waals surface area contributed by atoms with E-state index in [1.165, 1.54) is 0 Å². The van der Waals surface area contributed by atoms with Gasteiger partial charge < -0.3 is 0 Å². The molecule has 3 nitrogen and oxygen atoms in total. The van der Waals surface area contributed by atoms with E-state index in [0.717, 1.165) is 6.92 Å². The Kier molecular flexibility index (Phi) is 3.36. The summed E-state index contributed by atoms with van der Waals surface area (Å²) in [6.45, 7) is 1.12. The highest BCUT2D eigenvalue weighted by atomic mass is 35.5. The molecule has 0 fully saturated rings. The van der Waals surface area contributed by atoms with Crippen LogP contribution in [0.25, 0.3) is 11.3 Å². The first kappa shape index (κ1) is 13.6. The smallest absolute Gasteiger partial charge is 0.273 e. The number of halogens is 4. The van der Waals surface area contributed by atoms with Gasteiger partial charge in [0.2, 0.25) is 5.91 Å². The fourth-order valence-electron chi connectivity index (χ4n) is 1.65. The van der Waals surface area contributed by atoms with Gasteiger partial charge in [0, 0.05) is 12.5 Å². The summed E-state index contributed by atoms with van der Waals surface area (Å²) in [4.78, 5) is 11.4. The van der Waals surface area contributed by atoms with Crippen molar-refractivity contribution in [1.29, 1.82) is 0 Å². The molecular weight excluding hydrogens is 281 g/mol. The highest BCUT2D eigenvalue weighted by molar-refractivity contribution is 6.34. The lowest BCUT2D eigenvalue weighted by Gasteiger charge is -2.03. The van der Waals surface area contributed by atoms with Crippen molar-refractivity contribution < 1.29 is 18.0 Å². The van der Waals surface area contributed by atoms with Gasteiger partial charge in [-0.05, 0) is 0 Å². The molecule has 1 heterocycles. The van der Waals surface area contributed by atoms with Crippen molar-refractivity contribution in [2.45, 2.75) is 13.1 Å².